The van der Waals surface area contributed by atoms with Crippen molar-refractivity contribution in [2.24, 2.45) is 5.92 Å². The van der Waals surface area contributed by atoms with Crippen LogP contribution in [-0.2, 0) is 9.53 Å². The summed E-state index contributed by atoms with van der Waals surface area (Å²) in [6.45, 7) is 4.16. The summed E-state index contributed by atoms with van der Waals surface area (Å²) in [5, 5.41) is 6.13. The Morgan fingerprint density at radius 1 is 1.45 bits per heavy atom. The van der Waals surface area contributed by atoms with Crippen molar-refractivity contribution in [3.05, 3.63) is 29.8 Å². The van der Waals surface area contributed by atoms with Crippen molar-refractivity contribution in [3.8, 4) is 5.75 Å². The van der Waals surface area contributed by atoms with Crippen LogP contribution in [0.2, 0.25) is 0 Å². The van der Waals surface area contributed by atoms with E-state index in [1.807, 2.05) is 24.3 Å². The van der Waals surface area contributed by atoms with E-state index >= 15 is 0 Å². The summed E-state index contributed by atoms with van der Waals surface area (Å²) in [4.78, 5) is 11.7. The average Bonchev–Trinajstić information content (AvgIpc) is 2.46. The second kappa shape index (κ2) is 7.26. The van der Waals surface area contributed by atoms with Crippen LogP contribution in [-0.4, -0.2) is 39.3 Å². The zero-order chi connectivity index (χ0) is 14.4. The van der Waals surface area contributed by atoms with E-state index in [0.29, 0.717) is 32.2 Å². The molecule has 2 rings (SSSR count). The van der Waals surface area contributed by atoms with Gasteiger partial charge in [0.05, 0.1) is 19.8 Å². The lowest BCUT2D eigenvalue weighted by Crippen LogP contribution is -2.41. The molecule has 0 spiro atoms. The van der Waals surface area contributed by atoms with Crippen LogP contribution >= 0.6 is 0 Å². The molecule has 1 aliphatic rings. The van der Waals surface area contributed by atoms with E-state index in [0.717, 1.165) is 11.3 Å². The van der Waals surface area contributed by atoms with Crippen molar-refractivity contribution in [1.29, 1.82) is 0 Å². The standard InChI is InChI=1S/C15H22N2O3/c1-11-10-20-13-6-4-3-5-12(13)15(11)17-9-14(18)16-7-8-19-2/h3-6,11,15,17H,7-10H2,1-2H3,(H,16,18). The zero-order valence-corrected chi connectivity index (χ0v) is 12.0. The molecule has 2 atom stereocenters. The van der Waals surface area contributed by atoms with Crippen LogP contribution in [0.3, 0.4) is 0 Å². The minimum Gasteiger partial charge on any atom is -0.493 e. The first-order chi connectivity index (χ1) is 9.72. The van der Waals surface area contributed by atoms with Crippen LogP contribution in [0.1, 0.15) is 18.5 Å². The van der Waals surface area contributed by atoms with Gasteiger partial charge in [-0.1, -0.05) is 25.1 Å². The summed E-state index contributed by atoms with van der Waals surface area (Å²) in [7, 11) is 1.62. The lowest BCUT2D eigenvalue weighted by atomic mass is 9.92. The molecule has 5 nitrogen and oxygen atoms in total. The molecule has 0 aromatic heterocycles. The normalized spacial score (nSPS) is 20.9. The molecule has 0 aliphatic carbocycles. The molecule has 110 valence electrons. The Morgan fingerprint density at radius 3 is 3.05 bits per heavy atom. The van der Waals surface area contributed by atoms with Crippen LogP contribution < -0.4 is 15.4 Å². The first kappa shape index (κ1) is 14.8. The Bertz CT molecular complexity index is 450. The smallest absolute Gasteiger partial charge is 0.234 e. The van der Waals surface area contributed by atoms with Gasteiger partial charge in [-0.25, -0.2) is 0 Å². The lowest BCUT2D eigenvalue weighted by molar-refractivity contribution is -0.120. The van der Waals surface area contributed by atoms with Gasteiger partial charge >= 0.3 is 0 Å². The van der Waals surface area contributed by atoms with E-state index in [-0.39, 0.29) is 11.9 Å². The number of amides is 1. The summed E-state index contributed by atoms with van der Waals surface area (Å²) < 4.78 is 10.6. The van der Waals surface area contributed by atoms with Gasteiger partial charge in [0.25, 0.3) is 0 Å². The number of para-hydroxylation sites is 1. The minimum atomic E-state index is -0.0155. The van der Waals surface area contributed by atoms with Crippen LogP contribution in [0, 0.1) is 5.92 Å². The molecule has 0 radical (unpaired) electrons. The fourth-order valence-corrected chi connectivity index (χ4v) is 2.36. The highest BCUT2D eigenvalue weighted by atomic mass is 16.5. The number of carbonyl (C=O) groups excluding carboxylic acids is 1. The molecule has 20 heavy (non-hydrogen) atoms. The number of benzene rings is 1. The molecule has 0 saturated carbocycles. The van der Waals surface area contributed by atoms with Gasteiger partial charge in [0.1, 0.15) is 5.75 Å². The van der Waals surface area contributed by atoms with Crippen molar-refractivity contribution in [2.45, 2.75) is 13.0 Å². The first-order valence-corrected chi connectivity index (χ1v) is 6.93. The first-order valence-electron chi connectivity index (χ1n) is 6.93. The molecular weight excluding hydrogens is 256 g/mol. The van der Waals surface area contributed by atoms with Crippen molar-refractivity contribution >= 4 is 5.91 Å². The Morgan fingerprint density at radius 2 is 2.25 bits per heavy atom. The van der Waals surface area contributed by atoms with Gasteiger partial charge in [-0.15, -0.1) is 0 Å². The van der Waals surface area contributed by atoms with E-state index in [4.69, 9.17) is 9.47 Å². The molecule has 0 bridgehead atoms. The van der Waals surface area contributed by atoms with E-state index in [2.05, 4.69) is 17.6 Å². The molecule has 2 unspecified atom stereocenters. The Balaban J connectivity index is 1.90. The summed E-state index contributed by atoms with van der Waals surface area (Å²) in [5.74, 6) is 1.22. The van der Waals surface area contributed by atoms with Crippen molar-refractivity contribution in [1.82, 2.24) is 10.6 Å². The summed E-state index contributed by atoms with van der Waals surface area (Å²) in [6, 6.07) is 8.12. The van der Waals surface area contributed by atoms with Gasteiger partial charge < -0.3 is 20.1 Å². The second-order valence-corrected chi connectivity index (χ2v) is 5.03. The molecule has 2 N–H and O–H groups in total. The fourth-order valence-electron chi connectivity index (χ4n) is 2.36. The van der Waals surface area contributed by atoms with Gasteiger partial charge in [-0.05, 0) is 6.07 Å². The summed E-state index contributed by atoms with van der Waals surface area (Å²) >= 11 is 0. The highest BCUT2D eigenvalue weighted by Gasteiger charge is 2.27. The molecule has 1 aromatic rings. The monoisotopic (exact) mass is 278 g/mol. The number of hydrogen-bond donors (Lipinski definition) is 2. The van der Waals surface area contributed by atoms with Gasteiger partial charge in [0, 0.05) is 31.2 Å². The highest BCUT2D eigenvalue weighted by Crippen LogP contribution is 2.34. The number of ether oxygens (including phenoxy) is 2. The van der Waals surface area contributed by atoms with Crippen LogP contribution in [0.4, 0.5) is 0 Å². The topological polar surface area (TPSA) is 59.6 Å². The van der Waals surface area contributed by atoms with E-state index in [1.54, 1.807) is 7.11 Å². The van der Waals surface area contributed by atoms with Crippen LogP contribution in [0.15, 0.2) is 24.3 Å². The fraction of sp³-hybridized carbons (Fsp3) is 0.533. The van der Waals surface area contributed by atoms with E-state index in [1.165, 1.54) is 0 Å². The van der Waals surface area contributed by atoms with E-state index < -0.39 is 0 Å². The van der Waals surface area contributed by atoms with Crippen molar-refractivity contribution in [2.75, 3.05) is 33.4 Å². The average molecular weight is 278 g/mol. The predicted molar refractivity (Wildman–Crippen MR) is 76.7 cm³/mol. The minimum absolute atomic E-state index is 0.0155. The van der Waals surface area contributed by atoms with Crippen LogP contribution in [0.25, 0.3) is 0 Å². The van der Waals surface area contributed by atoms with Crippen molar-refractivity contribution in [3.63, 3.8) is 0 Å². The lowest BCUT2D eigenvalue weighted by Gasteiger charge is -2.32. The number of rotatable bonds is 6. The quantitative estimate of drug-likeness (QED) is 0.765. The molecule has 1 heterocycles. The number of carbonyl (C=O) groups is 1. The van der Waals surface area contributed by atoms with Gasteiger partial charge in [0.2, 0.25) is 5.91 Å². The van der Waals surface area contributed by atoms with Crippen molar-refractivity contribution < 1.29 is 14.3 Å². The summed E-state index contributed by atoms with van der Waals surface area (Å²) in [5.41, 5.74) is 1.12. The summed E-state index contributed by atoms with van der Waals surface area (Å²) in [6.07, 6.45) is 0. The van der Waals surface area contributed by atoms with Gasteiger partial charge in [-0.3, -0.25) is 4.79 Å². The molecule has 1 amide bonds. The van der Waals surface area contributed by atoms with Gasteiger partial charge in [0.15, 0.2) is 0 Å². The third-order valence-corrected chi connectivity index (χ3v) is 3.44. The molecule has 1 aliphatic heterocycles. The largest absolute Gasteiger partial charge is 0.493 e. The maximum Gasteiger partial charge on any atom is 0.234 e. The third kappa shape index (κ3) is 3.71. The Labute approximate surface area is 119 Å². The zero-order valence-electron chi connectivity index (χ0n) is 12.0. The number of fused-ring (bicyclic) bond motifs is 1. The molecule has 5 heteroatoms. The Kier molecular flexibility index (Phi) is 5.38. The van der Waals surface area contributed by atoms with Crippen LogP contribution in [0.5, 0.6) is 5.75 Å². The Hall–Kier alpha value is -1.59. The third-order valence-electron chi connectivity index (χ3n) is 3.44. The molecule has 0 saturated heterocycles. The molecule has 1 aromatic carbocycles. The maximum absolute atomic E-state index is 11.7. The van der Waals surface area contributed by atoms with E-state index in [9.17, 15) is 4.79 Å². The van der Waals surface area contributed by atoms with Gasteiger partial charge in [-0.2, -0.15) is 0 Å². The second-order valence-electron chi connectivity index (χ2n) is 5.03. The SMILES string of the molecule is COCCNC(=O)CNC1c2ccccc2OCC1C. The molecule has 0 fully saturated rings. The number of hydrogen-bond acceptors (Lipinski definition) is 4. The highest BCUT2D eigenvalue weighted by molar-refractivity contribution is 5.78. The maximum atomic E-state index is 11.7. The number of nitrogens with one attached hydrogen (secondary N) is 2. The number of methoxy groups -OCH3 is 1. The molecular formula is C15H22N2O3. The predicted octanol–water partition coefficient (Wildman–Crippen LogP) is 1.11.